The van der Waals surface area contributed by atoms with E-state index in [0.717, 1.165) is 0 Å². The van der Waals surface area contributed by atoms with E-state index in [9.17, 15) is 9.18 Å². The molecule has 0 fully saturated rings. The Kier molecular flexibility index (Phi) is 3.34. The number of rotatable bonds is 2. The van der Waals surface area contributed by atoms with Crippen LogP contribution in [0.5, 0.6) is 0 Å². The number of carboxylic acid groups (broad SMARTS) is 1. The standard InChI is InChI=1S/C14H10ClFO2/c1-8-6-13(16)11(14(17)18)7-10(8)9-4-2-3-5-12(9)15/h2-7H,1H3,(H,17,18). The number of aryl methyl sites for hydroxylation is 1. The molecule has 2 aromatic carbocycles. The number of carboxylic acids is 1. The van der Waals surface area contributed by atoms with Crippen LogP contribution in [0.3, 0.4) is 0 Å². The van der Waals surface area contributed by atoms with Crippen LogP contribution in [-0.2, 0) is 0 Å². The molecule has 4 heteroatoms. The summed E-state index contributed by atoms with van der Waals surface area (Å²) in [5, 5.41) is 9.43. The van der Waals surface area contributed by atoms with Crippen molar-refractivity contribution in [3.8, 4) is 11.1 Å². The zero-order valence-electron chi connectivity index (χ0n) is 9.58. The molecule has 18 heavy (non-hydrogen) atoms. The fourth-order valence-corrected chi connectivity index (χ4v) is 2.04. The lowest BCUT2D eigenvalue weighted by atomic mass is 9.97. The second-order valence-corrected chi connectivity index (χ2v) is 4.34. The molecule has 0 saturated heterocycles. The van der Waals surface area contributed by atoms with Crippen LogP contribution in [0.2, 0.25) is 5.02 Å². The Labute approximate surface area is 109 Å². The van der Waals surface area contributed by atoms with Crippen LogP contribution in [0.4, 0.5) is 4.39 Å². The first-order valence-electron chi connectivity index (χ1n) is 5.29. The predicted octanol–water partition coefficient (Wildman–Crippen LogP) is 4.15. The summed E-state index contributed by atoms with van der Waals surface area (Å²) in [7, 11) is 0. The SMILES string of the molecule is Cc1cc(F)c(C(=O)O)cc1-c1ccccc1Cl. The number of aromatic carboxylic acids is 1. The molecule has 1 N–H and O–H groups in total. The van der Waals surface area contributed by atoms with Crippen molar-refractivity contribution < 1.29 is 14.3 Å². The van der Waals surface area contributed by atoms with Gasteiger partial charge >= 0.3 is 5.97 Å². The Morgan fingerprint density at radius 2 is 1.89 bits per heavy atom. The monoisotopic (exact) mass is 264 g/mol. The molecule has 92 valence electrons. The van der Waals surface area contributed by atoms with Gasteiger partial charge in [0, 0.05) is 10.6 Å². The highest BCUT2D eigenvalue weighted by molar-refractivity contribution is 6.33. The lowest BCUT2D eigenvalue weighted by Gasteiger charge is -2.10. The van der Waals surface area contributed by atoms with Crippen molar-refractivity contribution in [2.45, 2.75) is 6.92 Å². The smallest absolute Gasteiger partial charge is 0.338 e. The van der Waals surface area contributed by atoms with Gasteiger partial charge < -0.3 is 5.11 Å². The predicted molar refractivity (Wildman–Crippen MR) is 68.5 cm³/mol. The van der Waals surface area contributed by atoms with Gasteiger partial charge in [-0.05, 0) is 36.2 Å². The highest BCUT2D eigenvalue weighted by atomic mass is 35.5. The topological polar surface area (TPSA) is 37.3 Å². The van der Waals surface area contributed by atoms with E-state index in [1.807, 2.05) is 0 Å². The first-order valence-corrected chi connectivity index (χ1v) is 5.67. The molecular formula is C14H10ClFO2. The van der Waals surface area contributed by atoms with Gasteiger partial charge in [0.2, 0.25) is 0 Å². The molecule has 0 aliphatic rings. The quantitative estimate of drug-likeness (QED) is 0.885. The Bertz CT molecular complexity index is 623. The highest BCUT2D eigenvalue weighted by Crippen LogP contribution is 2.31. The van der Waals surface area contributed by atoms with Crippen LogP contribution in [0.25, 0.3) is 11.1 Å². The van der Waals surface area contributed by atoms with Gasteiger partial charge in [-0.25, -0.2) is 9.18 Å². The van der Waals surface area contributed by atoms with Crippen molar-refractivity contribution in [2.24, 2.45) is 0 Å². The van der Waals surface area contributed by atoms with Gasteiger partial charge in [-0.3, -0.25) is 0 Å². The average Bonchev–Trinajstić information content (AvgIpc) is 2.30. The molecule has 0 atom stereocenters. The van der Waals surface area contributed by atoms with Crippen LogP contribution in [0.1, 0.15) is 15.9 Å². The van der Waals surface area contributed by atoms with Crippen molar-refractivity contribution in [2.75, 3.05) is 0 Å². The molecule has 2 rings (SSSR count). The summed E-state index contributed by atoms with van der Waals surface area (Å²) in [5.74, 6) is -2.03. The summed E-state index contributed by atoms with van der Waals surface area (Å²) in [5.41, 5.74) is 1.61. The van der Waals surface area contributed by atoms with Crippen molar-refractivity contribution in [1.82, 2.24) is 0 Å². The largest absolute Gasteiger partial charge is 0.478 e. The molecule has 2 nitrogen and oxygen atoms in total. The van der Waals surface area contributed by atoms with Crippen LogP contribution in [0.15, 0.2) is 36.4 Å². The van der Waals surface area contributed by atoms with E-state index >= 15 is 0 Å². The molecular weight excluding hydrogens is 255 g/mol. The van der Waals surface area contributed by atoms with E-state index in [0.29, 0.717) is 21.7 Å². The second kappa shape index (κ2) is 4.78. The summed E-state index contributed by atoms with van der Waals surface area (Å²) in [4.78, 5) is 10.9. The maximum Gasteiger partial charge on any atom is 0.338 e. The van der Waals surface area contributed by atoms with E-state index in [1.165, 1.54) is 12.1 Å². The van der Waals surface area contributed by atoms with Gasteiger partial charge in [-0.1, -0.05) is 29.8 Å². The minimum atomic E-state index is -1.29. The Balaban J connectivity index is 2.69. The van der Waals surface area contributed by atoms with Crippen molar-refractivity contribution in [3.63, 3.8) is 0 Å². The van der Waals surface area contributed by atoms with E-state index in [4.69, 9.17) is 16.7 Å². The average molecular weight is 265 g/mol. The van der Waals surface area contributed by atoms with Crippen LogP contribution in [-0.4, -0.2) is 11.1 Å². The number of hydrogen-bond donors (Lipinski definition) is 1. The summed E-state index contributed by atoms with van der Waals surface area (Å²) in [6.07, 6.45) is 0. The first kappa shape index (κ1) is 12.6. The molecule has 0 radical (unpaired) electrons. The van der Waals surface area contributed by atoms with Gasteiger partial charge in [-0.15, -0.1) is 0 Å². The molecule has 0 spiro atoms. The van der Waals surface area contributed by atoms with Gasteiger partial charge in [0.15, 0.2) is 0 Å². The zero-order chi connectivity index (χ0) is 13.3. The second-order valence-electron chi connectivity index (χ2n) is 3.93. The normalized spacial score (nSPS) is 10.4. The summed E-state index contributed by atoms with van der Waals surface area (Å²) < 4.78 is 13.5. The number of carbonyl (C=O) groups is 1. The third-order valence-electron chi connectivity index (χ3n) is 2.71. The highest BCUT2D eigenvalue weighted by Gasteiger charge is 2.15. The molecule has 0 aromatic heterocycles. The molecule has 0 aliphatic heterocycles. The van der Waals surface area contributed by atoms with Crippen LogP contribution < -0.4 is 0 Å². The Hall–Kier alpha value is -1.87. The third-order valence-corrected chi connectivity index (χ3v) is 3.04. The third kappa shape index (κ3) is 2.22. The van der Waals surface area contributed by atoms with E-state index < -0.39 is 11.8 Å². The fourth-order valence-electron chi connectivity index (χ4n) is 1.81. The maximum absolute atomic E-state index is 13.5. The van der Waals surface area contributed by atoms with Gasteiger partial charge in [0.1, 0.15) is 5.82 Å². The molecule has 2 aromatic rings. The first-order chi connectivity index (χ1) is 8.50. The Morgan fingerprint density at radius 1 is 1.22 bits per heavy atom. The fraction of sp³-hybridized carbons (Fsp3) is 0.0714. The number of benzene rings is 2. The molecule has 0 amide bonds. The summed E-state index contributed by atoms with van der Waals surface area (Å²) >= 11 is 6.06. The van der Waals surface area contributed by atoms with Crippen LogP contribution >= 0.6 is 11.6 Å². The van der Waals surface area contributed by atoms with Gasteiger partial charge in [0.25, 0.3) is 0 Å². The van der Waals surface area contributed by atoms with Crippen molar-refractivity contribution >= 4 is 17.6 Å². The minimum Gasteiger partial charge on any atom is -0.478 e. The molecule has 0 heterocycles. The van der Waals surface area contributed by atoms with Gasteiger partial charge in [0.05, 0.1) is 5.56 Å². The van der Waals surface area contributed by atoms with Gasteiger partial charge in [-0.2, -0.15) is 0 Å². The minimum absolute atomic E-state index is 0.351. The summed E-state index contributed by atoms with van der Waals surface area (Å²) in [6.45, 7) is 1.72. The zero-order valence-corrected chi connectivity index (χ0v) is 10.3. The maximum atomic E-state index is 13.5. The van der Waals surface area contributed by atoms with Crippen molar-refractivity contribution in [3.05, 3.63) is 58.4 Å². The van der Waals surface area contributed by atoms with E-state index in [1.54, 1.807) is 31.2 Å². The Morgan fingerprint density at radius 3 is 2.50 bits per heavy atom. The lowest BCUT2D eigenvalue weighted by molar-refractivity contribution is 0.0692. The summed E-state index contributed by atoms with van der Waals surface area (Å²) in [6, 6.07) is 9.58. The van der Waals surface area contributed by atoms with Crippen molar-refractivity contribution in [1.29, 1.82) is 0 Å². The molecule has 0 aliphatic carbocycles. The van der Waals surface area contributed by atoms with E-state index in [2.05, 4.69) is 0 Å². The molecule has 0 unspecified atom stereocenters. The van der Waals surface area contributed by atoms with Crippen LogP contribution in [0, 0.1) is 12.7 Å². The lowest BCUT2D eigenvalue weighted by Crippen LogP contribution is -2.02. The number of halogens is 2. The molecule has 0 saturated carbocycles. The number of hydrogen-bond acceptors (Lipinski definition) is 1. The molecule has 0 bridgehead atoms. The van der Waals surface area contributed by atoms with E-state index in [-0.39, 0.29) is 5.56 Å².